The summed E-state index contributed by atoms with van der Waals surface area (Å²) in [5.41, 5.74) is 2.14. The molecule has 0 aliphatic heterocycles. The van der Waals surface area contributed by atoms with Crippen molar-refractivity contribution in [3.63, 3.8) is 0 Å². The Morgan fingerprint density at radius 1 is 1.44 bits per heavy atom. The van der Waals surface area contributed by atoms with Gasteiger partial charge < -0.3 is 4.98 Å². The first kappa shape index (κ1) is 10.9. The molecule has 1 N–H and O–H groups in total. The monoisotopic (exact) mass is 234 g/mol. The summed E-state index contributed by atoms with van der Waals surface area (Å²) in [5, 5.41) is 0.649. The molecule has 1 aromatic carbocycles. The third kappa shape index (κ3) is 1.99. The summed E-state index contributed by atoms with van der Waals surface area (Å²) < 4.78 is 0. The number of carbonyl (C=O) groups excluding carboxylic acids is 1. The Kier molecular flexibility index (Phi) is 2.79. The summed E-state index contributed by atoms with van der Waals surface area (Å²) in [4.78, 5) is 18.6. The first-order valence-corrected chi connectivity index (χ1v) is 5.29. The number of benzene rings is 1. The molecule has 3 nitrogen and oxygen atoms in total. The van der Waals surface area contributed by atoms with Gasteiger partial charge in [0.05, 0.1) is 0 Å². The Morgan fingerprint density at radius 3 is 2.75 bits per heavy atom. The topological polar surface area (TPSA) is 45.8 Å². The molecular formula is C12H11ClN2O. The first-order chi connectivity index (χ1) is 7.58. The second kappa shape index (κ2) is 4.10. The van der Waals surface area contributed by atoms with Gasteiger partial charge in [-0.15, -0.1) is 0 Å². The molecule has 0 aliphatic carbocycles. The van der Waals surface area contributed by atoms with Gasteiger partial charge in [0.1, 0.15) is 11.5 Å². The molecule has 1 heterocycles. The highest BCUT2D eigenvalue weighted by Crippen LogP contribution is 2.21. The zero-order valence-electron chi connectivity index (χ0n) is 9.04. The normalized spacial score (nSPS) is 10.4. The molecule has 0 saturated heterocycles. The van der Waals surface area contributed by atoms with Crippen LogP contribution >= 0.6 is 11.6 Å². The number of ketones is 1. The first-order valence-electron chi connectivity index (χ1n) is 4.91. The molecular weight excluding hydrogens is 224 g/mol. The van der Waals surface area contributed by atoms with Crippen molar-refractivity contribution in [1.82, 2.24) is 9.97 Å². The smallest absolute Gasteiger partial charge is 0.179 e. The summed E-state index contributed by atoms with van der Waals surface area (Å²) in [6, 6.07) is 7.35. The average Bonchev–Trinajstić information content (AvgIpc) is 2.60. The number of halogens is 1. The number of aromatic amines is 1. The number of Topliss-reactive ketones (excluding diaryl/α,β-unsaturated/α-hetero) is 1. The van der Waals surface area contributed by atoms with Crippen molar-refractivity contribution in [2.75, 3.05) is 0 Å². The summed E-state index contributed by atoms with van der Waals surface area (Å²) in [6.45, 7) is 3.34. The summed E-state index contributed by atoms with van der Waals surface area (Å²) in [7, 11) is 0. The van der Waals surface area contributed by atoms with Crippen LogP contribution < -0.4 is 0 Å². The van der Waals surface area contributed by atoms with Crippen LogP contribution in [-0.2, 0) is 0 Å². The van der Waals surface area contributed by atoms with Gasteiger partial charge in [-0.2, -0.15) is 0 Å². The molecule has 0 fully saturated rings. The third-order valence-electron chi connectivity index (χ3n) is 2.32. The van der Waals surface area contributed by atoms with Crippen LogP contribution in [-0.4, -0.2) is 15.8 Å². The quantitative estimate of drug-likeness (QED) is 0.811. The van der Waals surface area contributed by atoms with Crippen LogP contribution in [0.3, 0.4) is 0 Å². The number of hydrogen-bond donors (Lipinski definition) is 1. The van der Waals surface area contributed by atoms with Crippen molar-refractivity contribution < 1.29 is 4.79 Å². The zero-order chi connectivity index (χ0) is 11.7. The highest BCUT2D eigenvalue weighted by atomic mass is 35.5. The molecule has 0 bridgehead atoms. The Hall–Kier alpha value is -1.61. The number of aryl methyl sites for hydroxylation is 1. The maximum absolute atomic E-state index is 11.3. The van der Waals surface area contributed by atoms with Crippen molar-refractivity contribution in [1.29, 1.82) is 0 Å². The number of H-pyrrole nitrogens is 1. The highest BCUT2D eigenvalue weighted by Gasteiger charge is 2.11. The van der Waals surface area contributed by atoms with Gasteiger partial charge in [0, 0.05) is 23.2 Å². The molecule has 82 valence electrons. The fourth-order valence-corrected chi connectivity index (χ4v) is 1.77. The Morgan fingerprint density at radius 2 is 2.19 bits per heavy atom. The molecule has 0 spiro atoms. The predicted octanol–water partition coefficient (Wildman–Crippen LogP) is 3.24. The molecule has 0 amide bonds. The van der Waals surface area contributed by atoms with Gasteiger partial charge in [-0.3, -0.25) is 4.79 Å². The second-order valence-corrected chi connectivity index (χ2v) is 4.06. The van der Waals surface area contributed by atoms with E-state index in [1.807, 2.05) is 25.1 Å². The van der Waals surface area contributed by atoms with E-state index in [1.165, 1.54) is 6.92 Å². The molecule has 0 atom stereocenters. The molecule has 0 unspecified atom stereocenters. The lowest BCUT2D eigenvalue weighted by atomic mass is 10.2. The van der Waals surface area contributed by atoms with E-state index < -0.39 is 0 Å². The second-order valence-electron chi connectivity index (χ2n) is 3.63. The van der Waals surface area contributed by atoms with E-state index in [1.54, 1.807) is 6.07 Å². The SMILES string of the molecule is CC(=O)c1nc(-c2cccc(Cl)c2)[nH]c1C. The summed E-state index contributed by atoms with van der Waals surface area (Å²) in [6.07, 6.45) is 0. The minimum Gasteiger partial charge on any atom is -0.341 e. The van der Waals surface area contributed by atoms with E-state index >= 15 is 0 Å². The van der Waals surface area contributed by atoms with Crippen LogP contribution in [0.25, 0.3) is 11.4 Å². The molecule has 0 aliphatic rings. The fourth-order valence-electron chi connectivity index (χ4n) is 1.58. The van der Waals surface area contributed by atoms with Gasteiger partial charge in [0.15, 0.2) is 5.78 Å². The number of aromatic nitrogens is 2. The molecule has 2 rings (SSSR count). The standard InChI is InChI=1S/C12H11ClN2O/c1-7-11(8(2)16)15-12(14-7)9-4-3-5-10(13)6-9/h3-6H,1-2H3,(H,14,15). The minimum atomic E-state index is -0.0398. The minimum absolute atomic E-state index is 0.0398. The van der Waals surface area contributed by atoms with E-state index in [-0.39, 0.29) is 5.78 Å². The molecule has 1 aromatic heterocycles. The Labute approximate surface area is 98.5 Å². The molecule has 16 heavy (non-hydrogen) atoms. The van der Waals surface area contributed by atoms with Gasteiger partial charge in [-0.25, -0.2) is 4.98 Å². The van der Waals surface area contributed by atoms with Gasteiger partial charge in [0.2, 0.25) is 0 Å². The lowest BCUT2D eigenvalue weighted by Gasteiger charge is -1.96. The molecule has 4 heteroatoms. The van der Waals surface area contributed by atoms with Gasteiger partial charge >= 0.3 is 0 Å². The van der Waals surface area contributed by atoms with Crippen LogP contribution in [0.1, 0.15) is 23.1 Å². The number of nitrogens with one attached hydrogen (secondary N) is 1. The lowest BCUT2D eigenvalue weighted by Crippen LogP contribution is -1.94. The van der Waals surface area contributed by atoms with Gasteiger partial charge in [0.25, 0.3) is 0 Å². The maximum atomic E-state index is 11.3. The number of rotatable bonds is 2. The lowest BCUT2D eigenvalue weighted by molar-refractivity contribution is 0.101. The van der Waals surface area contributed by atoms with Crippen LogP contribution in [0.2, 0.25) is 5.02 Å². The van der Waals surface area contributed by atoms with Crippen molar-refractivity contribution in [3.05, 3.63) is 40.7 Å². The van der Waals surface area contributed by atoms with E-state index in [0.717, 1.165) is 11.3 Å². The van der Waals surface area contributed by atoms with E-state index in [9.17, 15) is 4.79 Å². The van der Waals surface area contributed by atoms with Crippen LogP contribution in [0.4, 0.5) is 0 Å². The van der Waals surface area contributed by atoms with Crippen molar-refractivity contribution in [2.45, 2.75) is 13.8 Å². The van der Waals surface area contributed by atoms with Gasteiger partial charge in [-0.05, 0) is 19.1 Å². The largest absolute Gasteiger partial charge is 0.341 e. The number of nitrogens with zero attached hydrogens (tertiary/aromatic N) is 1. The van der Waals surface area contributed by atoms with E-state index in [4.69, 9.17) is 11.6 Å². The van der Waals surface area contributed by atoms with Crippen molar-refractivity contribution in [2.24, 2.45) is 0 Å². The van der Waals surface area contributed by atoms with Crippen molar-refractivity contribution in [3.8, 4) is 11.4 Å². The maximum Gasteiger partial charge on any atom is 0.179 e. The van der Waals surface area contributed by atoms with E-state index in [0.29, 0.717) is 16.5 Å². The van der Waals surface area contributed by atoms with Crippen molar-refractivity contribution >= 4 is 17.4 Å². The zero-order valence-corrected chi connectivity index (χ0v) is 9.80. The molecule has 0 saturated carbocycles. The molecule has 2 aromatic rings. The van der Waals surface area contributed by atoms with Gasteiger partial charge in [-0.1, -0.05) is 23.7 Å². The Bertz CT molecular complexity index is 546. The highest BCUT2D eigenvalue weighted by molar-refractivity contribution is 6.30. The van der Waals surface area contributed by atoms with Crippen LogP contribution in [0.5, 0.6) is 0 Å². The number of imidazole rings is 1. The third-order valence-corrected chi connectivity index (χ3v) is 2.55. The fraction of sp³-hybridized carbons (Fsp3) is 0.167. The molecule has 0 radical (unpaired) electrons. The predicted molar refractivity (Wildman–Crippen MR) is 63.8 cm³/mol. The summed E-state index contributed by atoms with van der Waals surface area (Å²) in [5.74, 6) is 0.632. The number of hydrogen-bond acceptors (Lipinski definition) is 2. The Balaban J connectivity index is 2.49. The number of carbonyl (C=O) groups is 1. The van der Waals surface area contributed by atoms with E-state index in [2.05, 4.69) is 9.97 Å². The van der Waals surface area contributed by atoms with Crippen LogP contribution in [0.15, 0.2) is 24.3 Å². The average molecular weight is 235 g/mol. The van der Waals surface area contributed by atoms with Crippen LogP contribution in [0, 0.1) is 6.92 Å². The summed E-state index contributed by atoms with van der Waals surface area (Å²) >= 11 is 5.90.